The van der Waals surface area contributed by atoms with Crippen molar-refractivity contribution in [3.63, 3.8) is 0 Å². The number of nitrogens with one attached hydrogen (secondary N) is 1. The van der Waals surface area contributed by atoms with Gasteiger partial charge in [-0.15, -0.1) is 0 Å². The molecule has 1 amide bonds. The summed E-state index contributed by atoms with van der Waals surface area (Å²) in [7, 11) is 1.57. The number of halogens is 1. The minimum atomic E-state index is -0.913. The summed E-state index contributed by atoms with van der Waals surface area (Å²) in [6.45, 7) is 1.52. The van der Waals surface area contributed by atoms with Crippen LogP contribution in [-0.2, 0) is 9.53 Å². The fourth-order valence-corrected chi connectivity index (χ4v) is 2.22. The summed E-state index contributed by atoms with van der Waals surface area (Å²) < 4.78 is 11.0. The van der Waals surface area contributed by atoms with Gasteiger partial charge in [-0.3, -0.25) is 4.79 Å². The van der Waals surface area contributed by atoms with Crippen molar-refractivity contribution in [2.45, 2.75) is 13.0 Å². The standard InChI is InChI=1S/C17H16BrNO4/c1-11(23-17(21)12-4-3-5-13(18)10-12)16(20)19-14-6-8-15(22-2)9-7-14/h3-11H,1-2H3,(H,19,20)/t11-/m1/s1. The highest BCUT2D eigenvalue weighted by Crippen LogP contribution is 2.16. The van der Waals surface area contributed by atoms with E-state index in [4.69, 9.17) is 9.47 Å². The lowest BCUT2D eigenvalue weighted by Crippen LogP contribution is -2.30. The summed E-state index contributed by atoms with van der Waals surface area (Å²) in [5.41, 5.74) is 0.977. The van der Waals surface area contributed by atoms with Crippen molar-refractivity contribution in [2.24, 2.45) is 0 Å². The number of ether oxygens (including phenoxy) is 2. The molecule has 0 aliphatic heterocycles. The Kier molecular flexibility index (Phi) is 5.76. The Morgan fingerprint density at radius 1 is 1.13 bits per heavy atom. The third-order valence-corrected chi connectivity index (χ3v) is 3.56. The number of carbonyl (C=O) groups excluding carboxylic acids is 2. The molecule has 23 heavy (non-hydrogen) atoms. The Labute approximate surface area is 142 Å². The smallest absolute Gasteiger partial charge is 0.338 e. The molecule has 2 aromatic rings. The second-order valence-corrected chi connectivity index (χ2v) is 5.69. The first-order valence-electron chi connectivity index (χ1n) is 6.91. The lowest BCUT2D eigenvalue weighted by Gasteiger charge is -2.14. The Bertz CT molecular complexity index is 700. The molecule has 5 nitrogen and oxygen atoms in total. The third kappa shape index (κ3) is 4.82. The minimum absolute atomic E-state index is 0.378. The predicted molar refractivity (Wildman–Crippen MR) is 90.6 cm³/mol. The summed E-state index contributed by atoms with van der Waals surface area (Å²) in [6, 6.07) is 13.7. The average molecular weight is 378 g/mol. The second kappa shape index (κ2) is 7.78. The van der Waals surface area contributed by atoms with Crippen molar-refractivity contribution in [3.05, 3.63) is 58.6 Å². The zero-order valence-electron chi connectivity index (χ0n) is 12.7. The number of amides is 1. The van der Waals surface area contributed by atoms with Crippen LogP contribution >= 0.6 is 15.9 Å². The van der Waals surface area contributed by atoms with Gasteiger partial charge in [0.2, 0.25) is 0 Å². The van der Waals surface area contributed by atoms with Gasteiger partial charge in [-0.25, -0.2) is 4.79 Å². The Hall–Kier alpha value is -2.34. The number of anilines is 1. The van der Waals surface area contributed by atoms with Crippen LogP contribution in [0.5, 0.6) is 5.75 Å². The lowest BCUT2D eigenvalue weighted by molar-refractivity contribution is -0.123. The Balaban J connectivity index is 1.95. The molecule has 0 bridgehead atoms. The molecule has 1 N–H and O–H groups in total. The van der Waals surface area contributed by atoms with E-state index in [0.717, 1.165) is 4.47 Å². The first-order valence-corrected chi connectivity index (χ1v) is 7.70. The number of rotatable bonds is 5. The fourth-order valence-electron chi connectivity index (χ4n) is 1.82. The van der Waals surface area contributed by atoms with E-state index < -0.39 is 18.0 Å². The summed E-state index contributed by atoms with van der Waals surface area (Å²) in [4.78, 5) is 24.1. The fraction of sp³-hybridized carbons (Fsp3) is 0.176. The Morgan fingerprint density at radius 3 is 2.43 bits per heavy atom. The monoisotopic (exact) mass is 377 g/mol. The van der Waals surface area contributed by atoms with E-state index in [-0.39, 0.29) is 0 Å². The predicted octanol–water partition coefficient (Wildman–Crippen LogP) is 3.64. The molecule has 1 atom stereocenters. The van der Waals surface area contributed by atoms with Crippen LogP contribution in [0.25, 0.3) is 0 Å². The molecule has 0 spiro atoms. The zero-order chi connectivity index (χ0) is 16.8. The lowest BCUT2D eigenvalue weighted by atomic mass is 10.2. The van der Waals surface area contributed by atoms with E-state index in [0.29, 0.717) is 17.0 Å². The van der Waals surface area contributed by atoms with E-state index >= 15 is 0 Å². The van der Waals surface area contributed by atoms with Gasteiger partial charge in [0.15, 0.2) is 6.10 Å². The van der Waals surface area contributed by atoms with Crippen LogP contribution < -0.4 is 10.1 Å². The topological polar surface area (TPSA) is 64.6 Å². The maximum Gasteiger partial charge on any atom is 0.338 e. The number of esters is 1. The van der Waals surface area contributed by atoms with Gasteiger partial charge < -0.3 is 14.8 Å². The second-order valence-electron chi connectivity index (χ2n) is 4.78. The summed E-state index contributed by atoms with van der Waals surface area (Å²) in [5.74, 6) is -0.265. The van der Waals surface area contributed by atoms with Crippen LogP contribution in [0.4, 0.5) is 5.69 Å². The molecule has 0 fully saturated rings. The van der Waals surface area contributed by atoms with E-state index in [9.17, 15) is 9.59 Å². The Morgan fingerprint density at radius 2 is 1.83 bits per heavy atom. The molecule has 0 saturated heterocycles. The summed E-state index contributed by atoms with van der Waals surface area (Å²) in [6.07, 6.45) is -0.913. The molecule has 2 aromatic carbocycles. The molecule has 2 rings (SSSR count). The van der Waals surface area contributed by atoms with Crippen LogP contribution in [0.1, 0.15) is 17.3 Å². The normalized spacial score (nSPS) is 11.4. The van der Waals surface area contributed by atoms with Crippen molar-refractivity contribution in [2.75, 3.05) is 12.4 Å². The molecule has 120 valence electrons. The van der Waals surface area contributed by atoms with Gasteiger partial charge in [0.05, 0.1) is 12.7 Å². The van der Waals surface area contributed by atoms with Gasteiger partial charge in [0.25, 0.3) is 5.91 Å². The van der Waals surface area contributed by atoms with E-state index in [2.05, 4.69) is 21.2 Å². The van der Waals surface area contributed by atoms with Gasteiger partial charge in [0, 0.05) is 10.2 Å². The van der Waals surface area contributed by atoms with Crippen LogP contribution in [0, 0.1) is 0 Å². The molecule has 0 aromatic heterocycles. The van der Waals surface area contributed by atoms with Crippen LogP contribution in [0.2, 0.25) is 0 Å². The average Bonchev–Trinajstić information content (AvgIpc) is 2.55. The number of methoxy groups -OCH3 is 1. The van der Waals surface area contributed by atoms with Crippen LogP contribution in [-0.4, -0.2) is 25.1 Å². The first-order chi connectivity index (χ1) is 11.0. The molecule has 0 radical (unpaired) electrons. The molecule has 0 heterocycles. The van der Waals surface area contributed by atoms with Gasteiger partial charge in [0.1, 0.15) is 5.75 Å². The van der Waals surface area contributed by atoms with E-state index in [1.807, 2.05) is 0 Å². The number of carbonyl (C=O) groups is 2. The van der Waals surface area contributed by atoms with E-state index in [1.165, 1.54) is 6.92 Å². The van der Waals surface area contributed by atoms with Crippen LogP contribution in [0.15, 0.2) is 53.0 Å². The molecule has 0 saturated carbocycles. The van der Waals surface area contributed by atoms with Crippen molar-refractivity contribution in [1.29, 1.82) is 0 Å². The SMILES string of the molecule is COc1ccc(NC(=O)[C@@H](C)OC(=O)c2cccc(Br)c2)cc1. The molecule has 0 aliphatic rings. The van der Waals surface area contributed by atoms with Crippen molar-refractivity contribution in [1.82, 2.24) is 0 Å². The molecule has 6 heteroatoms. The highest BCUT2D eigenvalue weighted by atomic mass is 79.9. The van der Waals surface area contributed by atoms with Gasteiger partial charge in [-0.1, -0.05) is 22.0 Å². The summed E-state index contributed by atoms with van der Waals surface area (Å²) in [5, 5.41) is 2.68. The largest absolute Gasteiger partial charge is 0.497 e. The molecular formula is C17H16BrNO4. The number of hydrogen-bond donors (Lipinski definition) is 1. The van der Waals surface area contributed by atoms with Gasteiger partial charge in [-0.05, 0) is 49.4 Å². The maximum absolute atomic E-state index is 12.1. The van der Waals surface area contributed by atoms with Gasteiger partial charge >= 0.3 is 5.97 Å². The molecule has 0 unspecified atom stereocenters. The highest BCUT2D eigenvalue weighted by molar-refractivity contribution is 9.10. The number of benzene rings is 2. The first kappa shape index (κ1) is 17.0. The number of hydrogen-bond acceptors (Lipinski definition) is 4. The molecule has 0 aliphatic carbocycles. The third-order valence-electron chi connectivity index (χ3n) is 3.07. The molecular weight excluding hydrogens is 362 g/mol. The zero-order valence-corrected chi connectivity index (χ0v) is 14.3. The minimum Gasteiger partial charge on any atom is -0.497 e. The highest BCUT2D eigenvalue weighted by Gasteiger charge is 2.19. The maximum atomic E-state index is 12.1. The van der Waals surface area contributed by atoms with E-state index in [1.54, 1.807) is 55.6 Å². The van der Waals surface area contributed by atoms with Gasteiger partial charge in [-0.2, -0.15) is 0 Å². The van der Waals surface area contributed by atoms with Crippen molar-refractivity contribution in [3.8, 4) is 5.75 Å². The van der Waals surface area contributed by atoms with Crippen LogP contribution in [0.3, 0.4) is 0 Å². The van der Waals surface area contributed by atoms with Crippen molar-refractivity contribution < 1.29 is 19.1 Å². The summed E-state index contributed by atoms with van der Waals surface area (Å²) >= 11 is 3.28. The quantitative estimate of drug-likeness (QED) is 0.807. The van der Waals surface area contributed by atoms with Crippen molar-refractivity contribution >= 4 is 33.5 Å².